The third-order valence-corrected chi connectivity index (χ3v) is 12.8. The van der Waals surface area contributed by atoms with Gasteiger partial charge >= 0.3 is 0 Å². The molecule has 0 spiro atoms. The molecular formula is C50H61N. The molecule has 0 aromatic heterocycles. The molecule has 0 saturated heterocycles. The van der Waals surface area contributed by atoms with Crippen LogP contribution in [0.4, 0.5) is 5.69 Å². The van der Waals surface area contributed by atoms with Crippen molar-refractivity contribution >= 4 is 16.8 Å². The highest BCUT2D eigenvalue weighted by atomic mass is 15.2. The first-order valence-electron chi connectivity index (χ1n) is 19.6. The van der Waals surface area contributed by atoms with Crippen molar-refractivity contribution in [3.05, 3.63) is 161 Å². The summed E-state index contributed by atoms with van der Waals surface area (Å²) in [6.07, 6.45) is 33.3. The van der Waals surface area contributed by atoms with Gasteiger partial charge < -0.3 is 4.90 Å². The number of rotatable bonds is 11. The van der Waals surface area contributed by atoms with E-state index in [0.29, 0.717) is 17.8 Å². The Hall–Kier alpha value is -4.10. The lowest BCUT2D eigenvalue weighted by molar-refractivity contribution is 0.332. The zero-order valence-corrected chi connectivity index (χ0v) is 32.9. The molecule has 0 amide bonds. The van der Waals surface area contributed by atoms with Crippen LogP contribution in [0.1, 0.15) is 121 Å². The van der Waals surface area contributed by atoms with Gasteiger partial charge in [-0.1, -0.05) is 144 Å². The van der Waals surface area contributed by atoms with Crippen LogP contribution < -0.4 is 4.90 Å². The van der Waals surface area contributed by atoms with Crippen molar-refractivity contribution in [1.29, 1.82) is 0 Å². The molecule has 0 bridgehead atoms. The topological polar surface area (TPSA) is 3.24 Å². The minimum atomic E-state index is -0.0776. The van der Waals surface area contributed by atoms with E-state index in [2.05, 4.69) is 183 Å². The standard InChI is InChI=1S/C50H61N/c1-11-13-19-31-50(10,12-2)35(4)32-36(5)51(39-22-15-14-16-23-39)40-27-28-45-46-30-29-44(38(7)48(46)49(8,9)47(45)33-40)43-26-20-25-42(37(43)6)41-24-18-17-21-34(41)3/h12-16,18-20,22,24-30,32-33,35,38-39,44H,2,11,17,21,23,31H2,1,3-10H3/b19-13-,36-32+. The van der Waals surface area contributed by atoms with Crippen LogP contribution in [0.15, 0.2) is 133 Å². The van der Waals surface area contributed by atoms with Gasteiger partial charge in [0.25, 0.3) is 0 Å². The molecule has 0 aliphatic heterocycles. The van der Waals surface area contributed by atoms with Crippen LogP contribution >= 0.6 is 0 Å². The highest BCUT2D eigenvalue weighted by Gasteiger charge is 2.43. The molecule has 51 heavy (non-hydrogen) atoms. The quantitative estimate of drug-likeness (QED) is 0.214. The Morgan fingerprint density at radius 2 is 1.82 bits per heavy atom. The first-order chi connectivity index (χ1) is 24.4. The molecule has 0 radical (unpaired) electrons. The number of nitrogens with zero attached hydrogens (tertiary/aromatic N) is 1. The molecule has 5 unspecified atom stereocenters. The lowest BCUT2D eigenvalue weighted by atomic mass is 9.68. The minimum absolute atomic E-state index is 0.0103. The van der Waals surface area contributed by atoms with E-state index in [-0.39, 0.29) is 16.9 Å². The average Bonchev–Trinajstić information content (AvgIpc) is 3.35. The van der Waals surface area contributed by atoms with E-state index in [4.69, 9.17) is 0 Å². The van der Waals surface area contributed by atoms with Gasteiger partial charge in [0.05, 0.1) is 6.04 Å². The maximum Gasteiger partial charge on any atom is 0.0556 e. The van der Waals surface area contributed by atoms with Gasteiger partial charge in [-0.25, -0.2) is 0 Å². The number of benzene rings is 2. The summed E-state index contributed by atoms with van der Waals surface area (Å²) >= 11 is 0. The molecule has 4 aliphatic rings. The van der Waals surface area contributed by atoms with Gasteiger partial charge in [0, 0.05) is 22.7 Å². The molecule has 2 aromatic carbocycles. The number of fused-ring (bicyclic) bond motifs is 2. The summed E-state index contributed by atoms with van der Waals surface area (Å²) in [7, 11) is 0. The molecule has 0 saturated carbocycles. The van der Waals surface area contributed by atoms with Crippen LogP contribution in [0.3, 0.4) is 0 Å². The maximum absolute atomic E-state index is 4.28. The second kappa shape index (κ2) is 14.9. The molecule has 0 heterocycles. The molecule has 2 aromatic rings. The first-order valence-corrected chi connectivity index (χ1v) is 19.6. The fourth-order valence-corrected chi connectivity index (χ4v) is 9.39. The molecule has 4 aliphatic carbocycles. The predicted octanol–water partition coefficient (Wildman–Crippen LogP) is 13.9. The first kappa shape index (κ1) is 36.7. The molecule has 1 heteroatoms. The molecule has 5 atom stereocenters. The van der Waals surface area contributed by atoms with Gasteiger partial charge in [-0.15, -0.1) is 6.58 Å². The Morgan fingerprint density at radius 1 is 1.02 bits per heavy atom. The Kier molecular flexibility index (Phi) is 10.7. The lowest BCUT2D eigenvalue weighted by Crippen LogP contribution is -2.34. The third-order valence-electron chi connectivity index (χ3n) is 12.8. The highest BCUT2D eigenvalue weighted by Crippen LogP contribution is 2.56. The van der Waals surface area contributed by atoms with E-state index in [9.17, 15) is 0 Å². The molecule has 266 valence electrons. The summed E-state index contributed by atoms with van der Waals surface area (Å²) < 4.78 is 0. The van der Waals surface area contributed by atoms with Crippen LogP contribution in [-0.2, 0) is 5.41 Å². The summed E-state index contributed by atoms with van der Waals surface area (Å²) in [5.74, 6) is 1.07. The van der Waals surface area contributed by atoms with Crippen LogP contribution in [-0.4, -0.2) is 6.04 Å². The van der Waals surface area contributed by atoms with Gasteiger partial charge in [0.15, 0.2) is 0 Å². The van der Waals surface area contributed by atoms with Gasteiger partial charge in [0.2, 0.25) is 0 Å². The molecule has 0 N–H and O–H groups in total. The predicted molar refractivity (Wildman–Crippen MR) is 224 cm³/mol. The highest BCUT2D eigenvalue weighted by molar-refractivity contribution is 5.89. The summed E-state index contributed by atoms with van der Waals surface area (Å²) in [6.45, 7) is 25.5. The number of allylic oxidation sites excluding steroid dienone is 15. The lowest BCUT2D eigenvalue weighted by Gasteiger charge is -2.37. The monoisotopic (exact) mass is 675 g/mol. The largest absolute Gasteiger partial charge is 0.338 e. The Balaban J connectivity index is 1.34. The molecule has 6 rings (SSSR count). The molecular weight excluding hydrogens is 615 g/mol. The number of hydrogen-bond acceptors (Lipinski definition) is 1. The van der Waals surface area contributed by atoms with E-state index < -0.39 is 0 Å². The van der Waals surface area contributed by atoms with Gasteiger partial charge in [-0.05, 0) is 127 Å². The van der Waals surface area contributed by atoms with Crippen molar-refractivity contribution < 1.29 is 0 Å². The second-order valence-electron chi connectivity index (χ2n) is 16.4. The zero-order chi connectivity index (χ0) is 36.5. The van der Waals surface area contributed by atoms with Crippen molar-refractivity contribution in [2.24, 2.45) is 17.3 Å². The summed E-state index contributed by atoms with van der Waals surface area (Å²) in [5, 5.41) is 0. The van der Waals surface area contributed by atoms with E-state index in [1.165, 1.54) is 55.9 Å². The van der Waals surface area contributed by atoms with Gasteiger partial charge in [0.1, 0.15) is 0 Å². The Morgan fingerprint density at radius 3 is 2.53 bits per heavy atom. The SMILES string of the molecule is C=CC(C)(C/C=C\CC)C(C)/C=C(\C)N(c1ccc2c(c1)C(C)(C)C1=C2C=CC(c2cccc(C3=C(C)CCC=C3)c2C)C1C)C1C=CC=CC1. The fraction of sp³-hybridized carbons (Fsp3) is 0.400. The number of anilines is 1. The summed E-state index contributed by atoms with van der Waals surface area (Å²) in [6, 6.07) is 14.6. The van der Waals surface area contributed by atoms with E-state index in [0.717, 1.165) is 32.1 Å². The molecule has 0 fully saturated rings. The summed E-state index contributed by atoms with van der Waals surface area (Å²) in [5.41, 5.74) is 15.6. The van der Waals surface area contributed by atoms with Crippen LogP contribution in [0.5, 0.6) is 0 Å². The zero-order valence-electron chi connectivity index (χ0n) is 32.9. The second-order valence-corrected chi connectivity index (χ2v) is 16.4. The van der Waals surface area contributed by atoms with E-state index in [1.807, 2.05) is 0 Å². The van der Waals surface area contributed by atoms with Gasteiger partial charge in [-0.3, -0.25) is 0 Å². The smallest absolute Gasteiger partial charge is 0.0556 e. The van der Waals surface area contributed by atoms with Crippen molar-refractivity contribution in [1.82, 2.24) is 0 Å². The van der Waals surface area contributed by atoms with Crippen LogP contribution in [0.25, 0.3) is 11.1 Å². The Bertz CT molecular complexity index is 1910. The third kappa shape index (κ3) is 6.82. The molecule has 1 nitrogen and oxygen atoms in total. The van der Waals surface area contributed by atoms with Crippen LogP contribution in [0, 0.1) is 24.2 Å². The van der Waals surface area contributed by atoms with E-state index in [1.54, 1.807) is 5.57 Å². The maximum atomic E-state index is 4.28. The van der Waals surface area contributed by atoms with Crippen molar-refractivity contribution in [3.63, 3.8) is 0 Å². The van der Waals surface area contributed by atoms with Crippen LogP contribution in [0.2, 0.25) is 0 Å². The normalized spacial score (nSPS) is 24.2. The Labute approximate surface area is 310 Å². The minimum Gasteiger partial charge on any atom is -0.338 e. The van der Waals surface area contributed by atoms with Crippen molar-refractivity contribution in [2.75, 3.05) is 4.90 Å². The van der Waals surface area contributed by atoms with Crippen molar-refractivity contribution in [3.8, 4) is 0 Å². The van der Waals surface area contributed by atoms with E-state index >= 15 is 0 Å². The summed E-state index contributed by atoms with van der Waals surface area (Å²) in [4.78, 5) is 2.59. The average molecular weight is 676 g/mol. The van der Waals surface area contributed by atoms with Crippen molar-refractivity contribution in [2.45, 2.75) is 112 Å². The number of hydrogen-bond donors (Lipinski definition) is 0. The fourth-order valence-electron chi connectivity index (χ4n) is 9.39. The van der Waals surface area contributed by atoms with Gasteiger partial charge in [-0.2, -0.15) is 0 Å².